The minimum atomic E-state index is -2.77. The van der Waals surface area contributed by atoms with E-state index in [4.69, 9.17) is 0 Å². The molecule has 0 saturated carbocycles. The van der Waals surface area contributed by atoms with Crippen molar-refractivity contribution in [2.24, 2.45) is 0 Å². The average Bonchev–Trinajstić information content (AvgIpc) is 2.08. The van der Waals surface area contributed by atoms with Gasteiger partial charge in [0, 0.05) is 6.26 Å². The molecule has 1 aliphatic rings. The van der Waals surface area contributed by atoms with Gasteiger partial charge in [-0.2, -0.15) is 0 Å². The molecule has 1 fully saturated rings. The summed E-state index contributed by atoms with van der Waals surface area (Å²) in [6.45, 7) is 1.69. The zero-order chi connectivity index (χ0) is 9.61. The predicted molar refractivity (Wildman–Crippen MR) is 58.7 cm³/mol. The Kier molecular flexibility index (Phi) is 6.43. The number of thiol groups is 2. The molecular weight excluding hydrogens is 214 g/mol. The molecule has 0 amide bonds. The normalized spacial score (nSPS) is 19.6. The van der Waals surface area contributed by atoms with Crippen LogP contribution >= 0.6 is 23.3 Å². The van der Waals surface area contributed by atoms with Crippen molar-refractivity contribution >= 4 is 33.2 Å². The molecular formula is C6H15NO2S3. The summed E-state index contributed by atoms with van der Waals surface area (Å²) in [4.78, 5) is 0. The van der Waals surface area contributed by atoms with Crippen molar-refractivity contribution in [3.05, 3.63) is 0 Å². The molecule has 12 heavy (non-hydrogen) atoms. The van der Waals surface area contributed by atoms with Crippen molar-refractivity contribution in [1.29, 1.82) is 0 Å². The molecule has 0 aromatic heterocycles. The quantitative estimate of drug-likeness (QED) is 0.454. The lowest BCUT2D eigenvalue weighted by molar-refractivity contribution is 0.499. The highest BCUT2D eigenvalue weighted by atomic mass is 33.1. The maximum atomic E-state index is 11.0. The maximum Gasteiger partial charge on any atom is 0.150 e. The van der Waals surface area contributed by atoms with Gasteiger partial charge in [-0.05, 0) is 25.9 Å². The first kappa shape index (κ1) is 12.6. The van der Waals surface area contributed by atoms with E-state index in [-0.39, 0.29) is 5.25 Å². The molecule has 0 atom stereocenters. The second-order valence-electron chi connectivity index (χ2n) is 2.78. The van der Waals surface area contributed by atoms with Gasteiger partial charge < -0.3 is 5.32 Å². The summed E-state index contributed by atoms with van der Waals surface area (Å²) in [5.41, 5.74) is 0. The number of hydrogen-bond acceptors (Lipinski definition) is 5. The third kappa shape index (κ3) is 4.59. The molecule has 1 aliphatic heterocycles. The Morgan fingerprint density at radius 3 is 1.92 bits per heavy atom. The molecule has 1 saturated heterocycles. The topological polar surface area (TPSA) is 46.2 Å². The molecule has 0 bridgehead atoms. The van der Waals surface area contributed by atoms with E-state index in [0.717, 1.165) is 25.9 Å². The molecule has 3 nitrogen and oxygen atoms in total. The fraction of sp³-hybridized carbons (Fsp3) is 1.00. The molecule has 0 aromatic rings. The fourth-order valence-electron chi connectivity index (χ4n) is 1.22. The molecule has 1 rings (SSSR count). The largest absolute Gasteiger partial charge is 0.317 e. The Bertz CT molecular complexity index is 197. The van der Waals surface area contributed by atoms with Crippen molar-refractivity contribution in [1.82, 2.24) is 5.32 Å². The Hall–Kier alpha value is 0.610. The van der Waals surface area contributed by atoms with Crippen LogP contribution in [0.5, 0.6) is 0 Å². The summed E-state index contributed by atoms with van der Waals surface area (Å²) >= 11 is 6.44. The highest BCUT2D eigenvalue weighted by Crippen LogP contribution is 2.10. The molecule has 74 valence electrons. The van der Waals surface area contributed by atoms with E-state index >= 15 is 0 Å². The molecule has 1 N–H and O–H groups in total. The van der Waals surface area contributed by atoms with E-state index in [2.05, 4.69) is 28.6 Å². The van der Waals surface area contributed by atoms with Crippen LogP contribution in [0.25, 0.3) is 0 Å². The number of sulfone groups is 1. The highest BCUT2D eigenvalue weighted by Gasteiger charge is 2.22. The number of hydrogen-bond donors (Lipinski definition) is 3. The smallest absolute Gasteiger partial charge is 0.150 e. The lowest BCUT2D eigenvalue weighted by Gasteiger charge is -2.20. The van der Waals surface area contributed by atoms with Gasteiger partial charge in [0.05, 0.1) is 5.25 Å². The summed E-state index contributed by atoms with van der Waals surface area (Å²) in [5, 5.41) is 3.03. The number of piperidine rings is 1. The average molecular weight is 229 g/mol. The minimum absolute atomic E-state index is 0.0891. The van der Waals surface area contributed by atoms with E-state index in [1.807, 2.05) is 0 Å². The Labute approximate surface area is 84.4 Å². The second-order valence-corrected chi connectivity index (χ2v) is 5.10. The highest BCUT2D eigenvalue weighted by molar-refractivity contribution is 8.59. The van der Waals surface area contributed by atoms with Crippen LogP contribution in [0.4, 0.5) is 0 Å². The summed E-state index contributed by atoms with van der Waals surface area (Å²) < 4.78 is 21.9. The number of rotatable bonds is 1. The predicted octanol–water partition coefficient (Wildman–Crippen LogP) is 0.544. The first-order valence-corrected chi connectivity index (χ1v) is 7.26. The Morgan fingerprint density at radius 1 is 1.25 bits per heavy atom. The van der Waals surface area contributed by atoms with Crippen LogP contribution in [0.1, 0.15) is 12.8 Å². The van der Waals surface area contributed by atoms with Gasteiger partial charge in [0.2, 0.25) is 0 Å². The van der Waals surface area contributed by atoms with Gasteiger partial charge in [-0.25, -0.2) is 8.42 Å². The first-order chi connectivity index (χ1) is 5.61. The van der Waals surface area contributed by atoms with Crippen LogP contribution in [0.3, 0.4) is 0 Å². The van der Waals surface area contributed by atoms with Gasteiger partial charge in [-0.3, -0.25) is 0 Å². The van der Waals surface area contributed by atoms with Crippen molar-refractivity contribution in [3.8, 4) is 0 Å². The van der Waals surface area contributed by atoms with E-state index < -0.39 is 9.84 Å². The van der Waals surface area contributed by atoms with E-state index in [1.165, 1.54) is 6.26 Å². The Morgan fingerprint density at radius 2 is 1.67 bits per heavy atom. The minimum Gasteiger partial charge on any atom is -0.317 e. The molecule has 0 spiro atoms. The van der Waals surface area contributed by atoms with Crippen molar-refractivity contribution in [2.75, 3.05) is 19.3 Å². The van der Waals surface area contributed by atoms with Crippen molar-refractivity contribution < 1.29 is 8.42 Å². The van der Waals surface area contributed by atoms with Crippen LogP contribution in [-0.2, 0) is 9.84 Å². The van der Waals surface area contributed by atoms with Crippen LogP contribution in [-0.4, -0.2) is 33.0 Å². The van der Waals surface area contributed by atoms with Gasteiger partial charge in [0.25, 0.3) is 0 Å². The van der Waals surface area contributed by atoms with Crippen molar-refractivity contribution in [2.45, 2.75) is 18.1 Å². The zero-order valence-corrected chi connectivity index (χ0v) is 9.63. The molecule has 0 aliphatic carbocycles. The lowest BCUT2D eigenvalue weighted by atomic mass is 10.2. The summed E-state index contributed by atoms with van der Waals surface area (Å²) in [6, 6.07) is 0. The first-order valence-electron chi connectivity index (χ1n) is 3.70. The molecule has 0 unspecified atom stereocenters. The van der Waals surface area contributed by atoms with Gasteiger partial charge in [-0.1, -0.05) is 0 Å². The fourth-order valence-corrected chi connectivity index (χ4v) is 2.32. The van der Waals surface area contributed by atoms with Crippen molar-refractivity contribution in [3.63, 3.8) is 0 Å². The Balaban J connectivity index is 0.000000561. The SMILES string of the molecule is CS(=O)(=O)C1CCNCC1.SS. The monoisotopic (exact) mass is 229 g/mol. The molecule has 0 aromatic carbocycles. The van der Waals surface area contributed by atoms with Crippen LogP contribution in [0.15, 0.2) is 0 Å². The number of nitrogens with one attached hydrogen (secondary N) is 1. The molecule has 6 heteroatoms. The van der Waals surface area contributed by atoms with Crippen LogP contribution < -0.4 is 5.32 Å². The van der Waals surface area contributed by atoms with Crippen LogP contribution in [0.2, 0.25) is 0 Å². The summed E-state index contributed by atoms with van der Waals surface area (Å²) in [7, 11) is -2.77. The van der Waals surface area contributed by atoms with E-state index in [0.29, 0.717) is 0 Å². The van der Waals surface area contributed by atoms with Gasteiger partial charge in [-0.15, -0.1) is 23.3 Å². The van der Waals surface area contributed by atoms with Gasteiger partial charge >= 0.3 is 0 Å². The third-order valence-electron chi connectivity index (χ3n) is 1.89. The summed E-state index contributed by atoms with van der Waals surface area (Å²) in [6.07, 6.45) is 2.88. The molecule has 0 radical (unpaired) electrons. The van der Waals surface area contributed by atoms with Gasteiger partial charge in [0.15, 0.2) is 0 Å². The van der Waals surface area contributed by atoms with Gasteiger partial charge in [0.1, 0.15) is 9.84 Å². The van der Waals surface area contributed by atoms with E-state index in [9.17, 15) is 8.42 Å². The van der Waals surface area contributed by atoms with Crippen LogP contribution in [0, 0.1) is 0 Å². The summed E-state index contributed by atoms with van der Waals surface area (Å²) in [5.74, 6) is 0. The molecule has 1 heterocycles. The standard InChI is InChI=1S/C6H13NO2S.H2S2/c1-10(8,9)6-2-4-7-5-3-6;1-2/h6-7H,2-5H2,1H3;1-2H. The maximum absolute atomic E-state index is 11.0. The lowest BCUT2D eigenvalue weighted by Crippen LogP contribution is -2.35. The second kappa shape index (κ2) is 6.12. The third-order valence-corrected chi connectivity index (χ3v) is 3.57. The zero-order valence-electron chi connectivity index (χ0n) is 7.02. The van der Waals surface area contributed by atoms with E-state index in [1.54, 1.807) is 0 Å².